The van der Waals surface area contributed by atoms with Crippen LogP contribution in [0.2, 0.25) is 0 Å². The molecule has 0 spiro atoms. The summed E-state index contributed by atoms with van der Waals surface area (Å²) in [5, 5.41) is 0. The standard InChI is InChI=1S/C14H27N3/c1-14-7-11(14)9-17(4)12(8-14)13-10-15(2)5-6-16(13)3/h11-13H,5-10H2,1-4H3/t11?,12?,13?,14-/m1/s1. The van der Waals surface area contributed by atoms with Crippen molar-refractivity contribution in [3.63, 3.8) is 0 Å². The summed E-state index contributed by atoms with van der Waals surface area (Å²) in [5.41, 5.74) is 0.689. The quantitative estimate of drug-likeness (QED) is 0.673. The number of nitrogens with zero attached hydrogens (tertiary/aromatic N) is 3. The van der Waals surface area contributed by atoms with Crippen LogP contribution >= 0.6 is 0 Å². The molecule has 3 unspecified atom stereocenters. The molecule has 1 saturated carbocycles. The van der Waals surface area contributed by atoms with Crippen molar-refractivity contribution in [2.24, 2.45) is 11.3 Å². The van der Waals surface area contributed by atoms with Crippen molar-refractivity contribution in [1.82, 2.24) is 14.7 Å². The molecule has 3 heteroatoms. The van der Waals surface area contributed by atoms with Crippen LogP contribution in [-0.4, -0.2) is 74.1 Å². The maximum atomic E-state index is 2.64. The Labute approximate surface area is 106 Å². The third-order valence-electron chi connectivity index (χ3n) is 5.63. The number of fused-ring (bicyclic) bond motifs is 1. The molecule has 0 amide bonds. The lowest BCUT2D eigenvalue weighted by molar-refractivity contribution is 0.0185. The van der Waals surface area contributed by atoms with Gasteiger partial charge in [-0.05, 0) is 45.3 Å². The Bertz CT molecular complexity index is 306. The molecule has 1 aliphatic carbocycles. The van der Waals surface area contributed by atoms with Crippen molar-refractivity contribution >= 4 is 0 Å². The van der Waals surface area contributed by atoms with Crippen molar-refractivity contribution < 1.29 is 0 Å². The highest BCUT2D eigenvalue weighted by atomic mass is 15.3. The van der Waals surface area contributed by atoms with Crippen molar-refractivity contribution in [1.29, 1.82) is 0 Å². The molecule has 0 radical (unpaired) electrons. The van der Waals surface area contributed by atoms with E-state index in [-0.39, 0.29) is 0 Å². The highest BCUT2D eigenvalue weighted by Crippen LogP contribution is 2.59. The zero-order chi connectivity index (χ0) is 12.2. The summed E-state index contributed by atoms with van der Waals surface area (Å²) in [6, 6.07) is 1.50. The van der Waals surface area contributed by atoms with Gasteiger partial charge in [0.1, 0.15) is 0 Å². The molecule has 2 heterocycles. The third kappa shape index (κ3) is 2.02. The number of piperazine rings is 1. The van der Waals surface area contributed by atoms with E-state index < -0.39 is 0 Å². The van der Waals surface area contributed by atoms with Crippen LogP contribution in [0.4, 0.5) is 0 Å². The molecule has 3 nitrogen and oxygen atoms in total. The van der Waals surface area contributed by atoms with Crippen molar-refractivity contribution in [3.8, 4) is 0 Å². The van der Waals surface area contributed by atoms with Crippen LogP contribution in [0.5, 0.6) is 0 Å². The fraction of sp³-hybridized carbons (Fsp3) is 1.00. The smallest absolute Gasteiger partial charge is 0.0376 e. The fourth-order valence-electron chi connectivity index (χ4n) is 4.05. The lowest BCUT2D eigenvalue weighted by atomic mass is 9.86. The van der Waals surface area contributed by atoms with E-state index in [1.807, 2.05) is 0 Å². The highest BCUT2D eigenvalue weighted by molar-refractivity contribution is 5.08. The van der Waals surface area contributed by atoms with E-state index in [9.17, 15) is 0 Å². The van der Waals surface area contributed by atoms with Gasteiger partial charge in [0, 0.05) is 38.3 Å². The SMILES string of the molecule is CN1CCN(C)C(C2C[C@@]3(C)CC3CN2C)C1. The molecule has 2 aliphatic heterocycles. The normalized spacial score (nSPS) is 49.1. The second-order valence-electron chi connectivity index (χ2n) is 7.08. The van der Waals surface area contributed by atoms with Gasteiger partial charge < -0.3 is 9.80 Å². The minimum atomic E-state index is 0.689. The van der Waals surface area contributed by atoms with Gasteiger partial charge in [0.15, 0.2) is 0 Å². The van der Waals surface area contributed by atoms with Gasteiger partial charge in [-0.3, -0.25) is 4.90 Å². The van der Waals surface area contributed by atoms with Crippen molar-refractivity contribution in [3.05, 3.63) is 0 Å². The van der Waals surface area contributed by atoms with Crippen molar-refractivity contribution in [2.45, 2.75) is 31.8 Å². The third-order valence-corrected chi connectivity index (χ3v) is 5.63. The van der Waals surface area contributed by atoms with Crippen LogP contribution in [0.15, 0.2) is 0 Å². The molecular formula is C14H27N3. The summed E-state index contributed by atoms with van der Waals surface area (Å²) in [6.45, 7) is 7.53. The Morgan fingerprint density at radius 2 is 1.65 bits per heavy atom. The Balaban J connectivity index is 1.73. The van der Waals surface area contributed by atoms with E-state index in [4.69, 9.17) is 0 Å². The summed E-state index contributed by atoms with van der Waals surface area (Å²) < 4.78 is 0. The van der Waals surface area contributed by atoms with Crippen LogP contribution < -0.4 is 0 Å². The molecule has 98 valence electrons. The molecule has 3 aliphatic rings. The van der Waals surface area contributed by atoms with E-state index in [2.05, 4.69) is 42.8 Å². The molecule has 0 bridgehead atoms. The van der Waals surface area contributed by atoms with Gasteiger partial charge in [-0.25, -0.2) is 0 Å². The van der Waals surface area contributed by atoms with E-state index in [1.165, 1.54) is 39.0 Å². The minimum absolute atomic E-state index is 0.689. The fourth-order valence-corrected chi connectivity index (χ4v) is 4.05. The van der Waals surface area contributed by atoms with Gasteiger partial charge >= 0.3 is 0 Å². The Morgan fingerprint density at radius 3 is 2.41 bits per heavy atom. The lowest BCUT2D eigenvalue weighted by Crippen LogP contribution is -2.60. The molecule has 0 aromatic heterocycles. The lowest BCUT2D eigenvalue weighted by Gasteiger charge is -2.47. The Kier molecular flexibility index (Phi) is 2.77. The number of hydrogen-bond donors (Lipinski definition) is 0. The minimum Gasteiger partial charge on any atom is -0.303 e. The van der Waals surface area contributed by atoms with Gasteiger partial charge in [0.05, 0.1) is 0 Å². The molecule has 4 atom stereocenters. The summed E-state index contributed by atoms with van der Waals surface area (Å²) >= 11 is 0. The summed E-state index contributed by atoms with van der Waals surface area (Å²) in [6.07, 6.45) is 2.89. The van der Waals surface area contributed by atoms with Gasteiger partial charge in [-0.15, -0.1) is 0 Å². The molecule has 0 aromatic rings. The van der Waals surface area contributed by atoms with Crippen LogP contribution in [0, 0.1) is 11.3 Å². The van der Waals surface area contributed by atoms with Gasteiger partial charge in [0.2, 0.25) is 0 Å². The van der Waals surface area contributed by atoms with E-state index in [1.54, 1.807) is 0 Å². The topological polar surface area (TPSA) is 9.72 Å². The number of rotatable bonds is 1. The average molecular weight is 237 g/mol. The first kappa shape index (κ1) is 11.9. The van der Waals surface area contributed by atoms with Gasteiger partial charge in [-0.1, -0.05) is 6.92 Å². The molecule has 3 rings (SSSR count). The zero-order valence-electron chi connectivity index (χ0n) is 11.8. The first-order chi connectivity index (χ1) is 7.99. The van der Waals surface area contributed by atoms with Gasteiger partial charge in [0.25, 0.3) is 0 Å². The first-order valence-electron chi connectivity index (χ1n) is 7.09. The van der Waals surface area contributed by atoms with Crippen LogP contribution in [0.3, 0.4) is 0 Å². The molecule has 17 heavy (non-hydrogen) atoms. The maximum absolute atomic E-state index is 2.64. The van der Waals surface area contributed by atoms with E-state index in [0.29, 0.717) is 5.41 Å². The van der Waals surface area contributed by atoms with Crippen LogP contribution in [0.25, 0.3) is 0 Å². The molecule has 3 fully saturated rings. The molecule has 0 aromatic carbocycles. The molecule has 2 saturated heterocycles. The number of likely N-dealkylation sites (tertiary alicyclic amines) is 1. The van der Waals surface area contributed by atoms with Gasteiger partial charge in [-0.2, -0.15) is 0 Å². The molecular weight excluding hydrogens is 210 g/mol. The predicted molar refractivity (Wildman–Crippen MR) is 71.2 cm³/mol. The summed E-state index contributed by atoms with van der Waals surface area (Å²) in [4.78, 5) is 7.73. The van der Waals surface area contributed by atoms with E-state index >= 15 is 0 Å². The predicted octanol–water partition coefficient (Wildman–Crippen LogP) is 0.963. The maximum Gasteiger partial charge on any atom is 0.0376 e. The number of piperidine rings is 1. The largest absolute Gasteiger partial charge is 0.303 e. The number of hydrogen-bond acceptors (Lipinski definition) is 3. The van der Waals surface area contributed by atoms with Crippen LogP contribution in [0.1, 0.15) is 19.8 Å². The average Bonchev–Trinajstić information content (AvgIpc) is 2.91. The first-order valence-corrected chi connectivity index (χ1v) is 7.09. The Hall–Kier alpha value is -0.120. The number of likely N-dealkylation sites (N-methyl/N-ethyl adjacent to an activating group) is 3. The molecule has 0 N–H and O–H groups in total. The Morgan fingerprint density at radius 1 is 0.882 bits per heavy atom. The summed E-state index contributed by atoms with van der Waals surface area (Å²) in [5.74, 6) is 0.996. The second-order valence-corrected chi connectivity index (χ2v) is 7.08. The zero-order valence-corrected chi connectivity index (χ0v) is 11.8. The highest BCUT2D eigenvalue weighted by Gasteiger charge is 2.56. The van der Waals surface area contributed by atoms with Crippen LogP contribution in [-0.2, 0) is 0 Å². The second kappa shape index (κ2) is 3.94. The summed E-state index contributed by atoms with van der Waals surface area (Å²) in [7, 11) is 6.92. The monoisotopic (exact) mass is 237 g/mol. The van der Waals surface area contributed by atoms with E-state index in [0.717, 1.165) is 18.0 Å². The van der Waals surface area contributed by atoms with Crippen molar-refractivity contribution in [2.75, 3.05) is 47.3 Å².